The number of aliphatic imine (C=N–C) groups is 1. The van der Waals surface area contributed by atoms with Crippen molar-refractivity contribution in [2.45, 2.75) is 70.8 Å². The molecule has 2 aliphatic rings. The summed E-state index contributed by atoms with van der Waals surface area (Å²) in [5.74, 6) is 0.632. The fourth-order valence-electron chi connectivity index (χ4n) is 4.18. The summed E-state index contributed by atoms with van der Waals surface area (Å²) in [6.45, 7) is 4.90. The van der Waals surface area contributed by atoms with E-state index in [1.807, 2.05) is 6.92 Å². The first kappa shape index (κ1) is 27.9. The van der Waals surface area contributed by atoms with Crippen molar-refractivity contribution in [3.63, 3.8) is 0 Å². The number of guanidine groups is 1. The van der Waals surface area contributed by atoms with Crippen LogP contribution in [0.3, 0.4) is 0 Å². The van der Waals surface area contributed by atoms with Crippen LogP contribution in [0.5, 0.6) is 0 Å². The molecule has 1 atom stereocenters. The normalized spacial score (nSPS) is 22.2. The van der Waals surface area contributed by atoms with Crippen molar-refractivity contribution in [1.82, 2.24) is 15.4 Å². The van der Waals surface area contributed by atoms with E-state index in [4.69, 9.17) is 9.73 Å². The summed E-state index contributed by atoms with van der Waals surface area (Å²) < 4.78 is 32.8. The van der Waals surface area contributed by atoms with Gasteiger partial charge in [0, 0.05) is 39.4 Å². The van der Waals surface area contributed by atoms with Gasteiger partial charge in [-0.15, -0.1) is 24.0 Å². The lowest BCUT2D eigenvalue weighted by molar-refractivity contribution is 0.0200. The molecule has 1 saturated carbocycles. The van der Waals surface area contributed by atoms with Gasteiger partial charge in [0.05, 0.1) is 11.9 Å². The molecule has 10 heteroatoms. The van der Waals surface area contributed by atoms with Gasteiger partial charge >= 0.3 is 0 Å². The Morgan fingerprint density at radius 2 is 1.93 bits per heavy atom. The van der Waals surface area contributed by atoms with Gasteiger partial charge in [0.15, 0.2) is 5.96 Å². The van der Waals surface area contributed by atoms with Crippen LogP contribution in [0.1, 0.15) is 64.7 Å². The molecule has 4 N–H and O–H groups in total. The van der Waals surface area contributed by atoms with Gasteiger partial charge in [-0.05, 0) is 50.9 Å². The summed E-state index contributed by atoms with van der Waals surface area (Å²) in [6.07, 6.45) is 9.64. The zero-order chi connectivity index (χ0) is 21.0. The lowest BCUT2D eigenvalue weighted by Crippen LogP contribution is -2.43. The van der Waals surface area contributed by atoms with Crippen molar-refractivity contribution < 1.29 is 18.3 Å². The van der Waals surface area contributed by atoms with Crippen LogP contribution in [0.25, 0.3) is 0 Å². The smallest absolute Gasteiger partial charge is 0.213 e. The molecule has 8 nitrogen and oxygen atoms in total. The van der Waals surface area contributed by atoms with E-state index < -0.39 is 10.0 Å². The Balaban J connectivity index is 0.00000450. The fraction of sp³-hybridized carbons (Fsp3) is 0.950. The van der Waals surface area contributed by atoms with Crippen LogP contribution in [-0.4, -0.2) is 70.7 Å². The van der Waals surface area contributed by atoms with Crippen LogP contribution in [-0.2, 0) is 14.8 Å². The van der Waals surface area contributed by atoms with Crippen LogP contribution in [0.4, 0.5) is 0 Å². The average molecular weight is 561 g/mol. The minimum absolute atomic E-state index is 0. The zero-order valence-electron chi connectivity index (χ0n) is 18.3. The molecule has 1 unspecified atom stereocenters. The number of nitrogens with zero attached hydrogens (tertiary/aromatic N) is 1. The highest BCUT2D eigenvalue weighted by atomic mass is 127. The Labute approximate surface area is 199 Å². The van der Waals surface area contributed by atoms with E-state index in [1.165, 1.54) is 19.3 Å². The Kier molecular flexibility index (Phi) is 13.8. The summed E-state index contributed by atoms with van der Waals surface area (Å²) >= 11 is 0. The van der Waals surface area contributed by atoms with Crippen molar-refractivity contribution in [3.8, 4) is 0 Å². The first-order chi connectivity index (χ1) is 14.0. The van der Waals surface area contributed by atoms with Gasteiger partial charge < -0.3 is 20.5 Å². The topological polar surface area (TPSA) is 112 Å². The number of aliphatic hydroxyl groups excluding tert-OH is 1. The fourth-order valence-corrected chi connectivity index (χ4v) is 5.13. The minimum Gasteiger partial charge on any atom is -0.396 e. The molecule has 2 rings (SSSR count). The number of aliphatic hydroxyl groups is 1. The standard InChI is InChI=1S/C20H40N4O4S.HI/c1-2-21-19(23-17-20(11-13-25)9-5-3-6-10-20)22-12-15-29(26,27)24-16-18-8-4-7-14-28-18;/h18,24-25H,2-17H2,1H3,(H2,21,22,23);1H. The molecule has 0 amide bonds. The zero-order valence-corrected chi connectivity index (χ0v) is 21.5. The molecule has 0 bridgehead atoms. The predicted octanol–water partition coefficient (Wildman–Crippen LogP) is 1.98. The second-order valence-electron chi connectivity index (χ2n) is 8.31. The highest BCUT2D eigenvalue weighted by Crippen LogP contribution is 2.39. The van der Waals surface area contributed by atoms with Crippen LogP contribution >= 0.6 is 24.0 Å². The van der Waals surface area contributed by atoms with Crippen LogP contribution in [0.2, 0.25) is 0 Å². The molecule has 1 aliphatic heterocycles. The van der Waals surface area contributed by atoms with Crippen molar-refractivity contribution >= 4 is 40.0 Å². The van der Waals surface area contributed by atoms with Gasteiger partial charge in [0.1, 0.15) is 0 Å². The van der Waals surface area contributed by atoms with E-state index in [9.17, 15) is 13.5 Å². The molecule has 30 heavy (non-hydrogen) atoms. The Hall–Kier alpha value is -0.170. The quantitative estimate of drug-likeness (QED) is 0.175. The van der Waals surface area contributed by atoms with Gasteiger partial charge in [0.25, 0.3) is 0 Å². The van der Waals surface area contributed by atoms with E-state index in [0.717, 1.165) is 38.5 Å². The number of halogens is 1. The number of sulfonamides is 1. The molecule has 1 heterocycles. The number of hydrogen-bond donors (Lipinski definition) is 4. The highest BCUT2D eigenvalue weighted by Gasteiger charge is 2.31. The van der Waals surface area contributed by atoms with Gasteiger partial charge in [0.2, 0.25) is 10.0 Å². The van der Waals surface area contributed by atoms with Gasteiger partial charge in [-0.1, -0.05) is 19.3 Å². The summed E-state index contributed by atoms with van der Waals surface area (Å²) in [5, 5.41) is 15.8. The second-order valence-corrected chi connectivity index (χ2v) is 10.2. The maximum atomic E-state index is 12.3. The maximum Gasteiger partial charge on any atom is 0.213 e. The third kappa shape index (κ3) is 10.4. The van der Waals surface area contributed by atoms with Crippen LogP contribution in [0.15, 0.2) is 4.99 Å². The van der Waals surface area contributed by atoms with Crippen molar-refractivity contribution in [1.29, 1.82) is 0 Å². The van der Waals surface area contributed by atoms with E-state index in [-0.39, 0.29) is 47.9 Å². The maximum absolute atomic E-state index is 12.3. The molecule has 178 valence electrons. The van der Waals surface area contributed by atoms with Crippen molar-refractivity contribution in [3.05, 3.63) is 0 Å². The predicted molar refractivity (Wildman–Crippen MR) is 132 cm³/mol. The summed E-state index contributed by atoms with van der Waals surface area (Å²) in [5.41, 5.74) is 0.0724. The van der Waals surface area contributed by atoms with E-state index in [2.05, 4.69) is 15.4 Å². The first-order valence-electron chi connectivity index (χ1n) is 11.2. The monoisotopic (exact) mass is 560 g/mol. The molecule has 0 spiro atoms. The minimum atomic E-state index is -3.36. The Morgan fingerprint density at radius 1 is 1.17 bits per heavy atom. The molecular formula is C20H41IN4O4S. The molecule has 0 aromatic heterocycles. The molecule has 1 aliphatic carbocycles. The second kappa shape index (κ2) is 14.8. The third-order valence-electron chi connectivity index (χ3n) is 5.94. The number of ether oxygens (including phenoxy) is 1. The summed E-state index contributed by atoms with van der Waals surface area (Å²) in [4.78, 5) is 4.72. The largest absolute Gasteiger partial charge is 0.396 e. The Morgan fingerprint density at radius 3 is 2.57 bits per heavy atom. The molecule has 2 fully saturated rings. The SMILES string of the molecule is CCNC(=NCC1(CCO)CCCCC1)NCCS(=O)(=O)NCC1CCCCO1.I. The van der Waals surface area contributed by atoms with E-state index >= 15 is 0 Å². The van der Waals surface area contributed by atoms with Gasteiger partial charge in [-0.2, -0.15) is 0 Å². The Bertz CT molecular complexity index is 586. The molecule has 0 radical (unpaired) electrons. The average Bonchev–Trinajstić information content (AvgIpc) is 2.72. The lowest BCUT2D eigenvalue weighted by atomic mass is 9.72. The van der Waals surface area contributed by atoms with E-state index in [1.54, 1.807) is 0 Å². The number of rotatable bonds is 11. The number of nitrogens with one attached hydrogen (secondary N) is 3. The third-order valence-corrected chi connectivity index (χ3v) is 7.29. The van der Waals surface area contributed by atoms with Gasteiger partial charge in [-0.3, -0.25) is 4.99 Å². The molecule has 0 aromatic carbocycles. The lowest BCUT2D eigenvalue weighted by Gasteiger charge is -2.35. The number of hydrogen-bond acceptors (Lipinski definition) is 5. The van der Waals surface area contributed by atoms with Crippen molar-refractivity contribution in [2.75, 3.05) is 45.1 Å². The van der Waals surface area contributed by atoms with Crippen LogP contribution in [0, 0.1) is 5.41 Å². The van der Waals surface area contributed by atoms with Crippen molar-refractivity contribution in [2.24, 2.45) is 10.4 Å². The molecular weight excluding hydrogens is 519 g/mol. The summed E-state index contributed by atoms with van der Waals surface area (Å²) in [7, 11) is -3.36. The summed E-state index contributed by atoms with van der Waals surface area (Å²) in [6, 6.07) is 0. The van der Waals surface area contributed by atoms with E-state index in [0.29, 0.717) is 38.7 Å². The highest BCUT2D eigenvalue weighted by molar-refractivity contribution is 14.0. The first-order valence-corrected chi connectivity index (χ1v) is 12.9. The van der Waals surface area contributed by atoms with Crippen LogP contribution < -0.4 is 15.4 Å². The van der Waals surface area contributed by atoms with Gasteiger partial charge in [-0.25, -0.2) is 13.1 Å². The molecule has 1 saturated heterocycles. The molecule has 0 aromatic rings.